The second-order valence-corrected chi connectivity index (χ2v) is 8.66. The van der Waals surface area contributed by atoms with E-state index < -0.39 is 17.2 Å². The van der Waals surface area contributed by atoms with Crippen LogP contribution in [0.2, 0.25) is 0 Å². The molecule has 2 saturated heterocycles. The fourth-order valence-corrected chi connectivity index (χ4v) is 4.57. The smallest absolute Gasteiger partial charge is 0.381 e. The molecule has 5 nitrogen and oxygen atoms in total. The lowest BCUT2D eigenvalue weighted by Gasteiger charge is -2.37. The van der Waals surface area contributed by atoms with Crippen molar-refractivity contribution in [3.05, 3.63) is 65.2 Å². The molecule has 33 heavy (non-hydrogen) atoms. The highest BCUT2D eigenvalue weighted by Crippen LogP contribution is 2.39. The predicted octanol–water partition coefficient (Wildman–Crippen LogP) is 4.47. The van der Waals surface area contributed by atoms with Gasteiger partial charge in [-0.3, -0.25) is 4.79 Å². The number of benzene rings is 2. The molecule has 4 rings (SSSR count). The van der Waals surface area contributed by atoms with Crippen LogP contribution in [0.15, 0.2) is 48.5 Å². The van der Waals surface area contributed by atoms with Crippen molar-refractivity contribution in [3.63, 3.8) is 0 Å². The summed E-state index contributed by atoms with van der Waals surface area (Å²) in [5.74, 6) is -0.269. The van der Waals surface area contributed by atoms with Gasteiger partial charge in [0.2, 0.25) is 5.91 Å². The number of hydrogen-bond acceptors (Lipinski definition) is 4. The number of hydrogen-bond donors (Lipinski definition) is 1. The van der Waals surface area contributed by atoms with Crippen molar-refractivity contribution in [2.75, 3.05) is 44.4 Å². The summed E-state index contributed by atoms with van der Waals surface area (Å²) >= 11 is 0. The first-order chi connectivity index (χ1) is 15.8. The Kier molecular flexibility index (Phi) is 6.95. The summed E-state index contributed by atoms with van der Waals surface area (Å²) in [6.45, 7) is 5.63. The number of carbonyl (C=O) groups excluding carboxylic acids is 1. The van der Waals surface area contributed by atoms with Gasteiger partial charge in [-0.15, -0.1) is 0 Å². The van der Waals surface area contributed by atoms with Gasteiger partial charge in [-0.05, 0) is 49.1 Å². The molecule has 2 fully saturated rings. The molecule has 2 aliphatic heterocycles. The molecular weight excluding hydrogens is 433 g/mol. The van der Waals surface area contributed by atoms with Gasteiger partial charge in [0.05, 0.1) is 30.2 Å². The van der Waals surface area contributed by atoms with E-state index in [-0.39, 0.29) is 11.9 Å². The van der Waals surface area contributed by atoms with Gasteiger partial charge in [-0.25, -0.2) is 0 Å². The zero-order chi connectivity index (χ0) is 23.5. The summed E-state index contributed by atoms with van der Waals surface area (Å²) in [6.07, 6.45) is -3.79. The van der Waals surface area contributed by atoms with E-state index in [2.05, 4.69) is 10.2 Å². The standard InChI is InChI=1S/C25H29F3N2O3/c1-18(19-5-7-22(8-6-19)30-11-15-33-16-12-30)29-23(31)24(9-13-32-14-10-24)20-3-2-4-21(17-20)25(26,27)28/h2-8,17-18H,9-16H2,1H3,(H,29,31). The monoisotopic (exact) mass is 462 g/mol. The molecule has 1 amide bonds. The Labute approximate surface area is 191 Å². The minimum absolute atomic E-state index is 0.269. The van der Waals surface area contributed by atoms with E-state index in [1.54, 1.807) is 6.07 Å². The third kappa shape index (κ3) is 5.17. The summed E-state index contributed by atoms with van der Waals surface area (Å²) in [5.41, 5.74) is 0.622. The lowest BCUT2D eigenvalue weighted by atomic mass is 9.72. The van der Waals surface area contributed by atoms with Crippen LogP contribution >= 0.6 is 0 Å². The van der Waals surface area contributed by atoms with Gasteiger partial charge in [-0.2, -0.15) is 13.2 Å². The predicted molar refractivity (Wildman–Crippen MR) is 119 cm³/mol. The molecule has 1 unspecified atom stereocenters. The first-order valence-electron chi connectivity index (χ1n) is 11.3. The number of ether oxygens (including phenoxy) is 2. The largest absolute Gasteiger partial charge is 0.416 e. The number of rotatable bonds is 5. The zero-order valence-electron chi connectivity index (χ0n) is 18.7. The maximum atomic E-state index is 13.5. The van der Waals surface area contributed by atoms with Gasteiger partial charge in [0.15, 0.2) is 0 Å². The van der Waals surface area contributed by atoms with Crippen LogP contribution < -0.4 is 10.2 Å². The molecule has 178 valence electrons. The van der Waals surface area contributed by atoms with Crippen LogP contribution in [0, 0.1) is 0 Å². The molecule has 0 bridgehead atoms. The molecular formula is C25H29F3N2O3. The van der Waals surface area contributed by atoms with Crippen LogP contribution in [0.3, 0.4) is 0 Å². The van der Waals surface area contributed by atoms with Crippen LogP contribution in [0.1, 0.15) is 42.5 Å². The van der Waals surface area contributed by atoms with Crippen molar-refractivity contribution in [1.82, 2.24) is 5.32 Å². The van der Waals surface area contributed by atoms with Gasteiger partial charge in [0.1, 0.15) is 0 Å². The fourth-order valence-electron chi connectivity index (χ4n) is 4.57. The molecule has 0 radical (unpaired) electrons. The Morgan fingerprint density at radius 1 is 1.00 bits per heavy atom. The van der Waals surface area contributed by atoms with Crippen LogP contribution in [0.4, 0.5) is 18.9 Å². The number of nitrogens with zero attached hydrogens (tertiary/aromatic N) is 1. The summed E-state index contributed by atoms with van der Waals surface area (Å²) < 4.78 is 50.8. The highest BCUT2D eigenvalue weighted by molar-refractivity contribution is 5.88. The SMILES string of the molecule is CC(NC(=O)C1(c2cccc(C(F)(F)F)c2)CCOCC1)c1ccc(N2CCOCC2)cc1. The van der Waals surface area contributed by atoms with Gasteiger partial charge >= 0.3 is 6.18 Å². The Morgan fingerprint density at radius 3 is 2.27 bits per heavy atom. The van der Waals surface area contributed by atoms with E-state index in [4.69, 9.17) is 9.47 Å². The Bertz CT molecular complexity index is 950. The number of carbonyl (C=O) groups is 1. The zero-order valence-corrected chi connectivity index (χ0v) is 18.7. The first kappa shape index (κ1) is 23.6. The van der Waals surface area contributed by atoms with Crippen molar-refractivity contribution in [3.8, 4) is 0 Å². The summed E-state index contributed by atoms with van der Waals surface area (Å²) in [7, 11) is 0. The van der Waals surface area contributed by atoms with Gasteiger partial charge in [-0.1, -0.05) is 30.3 Å². The lowest BCUT2D eigenvalue weighted by Crippen LogP contribution is -2.48. The topological polar surface area (TPSA) is 50.8 Å². The molecule has 0 saturated carbocycles. The van der Waals surface area contributed by atoms with E-state index in [1.165, 1.54) is 6.07 Å². The number of anilines is 1. The third-order valence-electron chi connectivity index (χ3n) is 6.64. The highest BCUT2D eigenvalue weighted by atomic mass is 19.4. The molecule has 1 N–H and O–H groups in total. The second kappa shape index (κ2) is 9.73. The van der Waals surface area contributed by atoms with Crippen molar-refractivity contribution >= 4 is 11.6 Å². The van der Waals surface area contributed by atoms with Crippen molar-refractivity contribution in [2.24, 2.45) is 0 Å². The van der Waals surface area contributed by atoms with Crippen molar-refractivity contribution in [1.29, 1.82) is 0 Å². The van der Waals surface area contributed by atoms with Gasteiger partial charge in [0, 0.05) is 32.0 Å². The molecule has 0 aliphatic carbocycles. The van der Waals surface area contributed by atoms with Crippen molar-refractivity contribution in [2.45, 2.75) is 37.4 Å². The summed E-state index contributed by atoms with van der Waals surface area (Å²) in [5, 5.41) is 3.05. The van der Waals surface area contributed by atoms with Crippen LogP contribution in [-0.4, -0.2) is 45.4 Å². The van der Waals surface area contributed by atoms with E-state index >= 15 is 0 Å². The third-order valence-corrected chi connectivity index (χ3v) is 6.64. The number of alkyl halides is 3. The minimum Gasteiger partial charge on any atom is -0.381 e. The maximum absolute atomic E-state index is 13.5. The molecule has 1 atom stereocenters. The molecule has 2 aliphatic rings. The van der Waals surface area contributed by atoms with Crippen LogP contribution in [0.5, 0.6) is 0 Å². The maximum Gasteiger partial charge on any atom is 0.416 e. The van der Waals surface area contributed by atoms with E-state index in [1.807, 2.05) is 31.2 Å². The van der Waals surface area contributed by atoms with E-state index in [0.717, 1.165) is 36.5 Å². The lowest BCUT2D eigenvalue weighted by molar-refractivity contribution is -0.138. The summed E-state index contributed by atoms with van der Waals surface area (Å²) in [6, 6.07) is 12.9. The number of amides is 1. The molecule has 2 heterocycles. The van der Waals surface area contributed by atoms with Gasteiger partial charge < -0.3 is 19.7 Å². The molecule has 0 spiro atoms. The van der Waals surface area contributed by atoms with E-state index in [0.29, 0.717) is 44.8 Å². The number of morpholine rings is 1. The Morgan fingerprint density at radius 2 is 1.64 bits per heavy atom. The van der Waals surface area contributed by atoms with Crippen LogP contribution in [-0.2, 0) is 25.9 Å². The average Bonchev–Trinajstić information content (AvgIpc) is 2.84. The number of nitrogens with one attached hydrogen (secondary N) is 1. The van der Waals surface area contributed by atoms with Crippen molar-refractivity contribution < 1.29 is 27.4 Å². The van der Waals surface area contributed by atoms with Gasteiger partial charge in [0.25, 0.3) is 0 Å². The average molecular weight is 463 g/mol. The van der Waals surface area contributed by atoms with Crippen LogP contribution in [0.25, 0.3) is 0 Å². The minimum atomic E-state index is -4.46. The normalized spacial score (nSPS) is 19.7. The molecule has 2 aromatic carbocycles. The molecule has 0 aromatic heterocycles. The quantitative estimate of drug-likeness (QED) is 0.713. The Hall–Kier alpha value is -2.58. The molecule has 2 aromatic rings. The fraction of sp³-hybridized carbons (Fsp3) is 0.480. The highest BCUT2D eigenvalue weighted by Gasteiger charge is 2.43. The Balaban J connectivity index is 1.53. The van der Waals surface area contributed by atoms with E-state index in [9.17, 15) is 18.0 Å². The number of halogens is 3. The summed E-state index contributed by atoms with van der Waals surface area (Å²) in [4.78, 5) is 15.8. The first-order valence-corrected chi connectivity index (χ1v) is 11.3. The second-order valence-electron chi connectivity index (χ2n) is 8.66. The molecule has 8 heteroatoms.